The largest absolute Gasteiger partial charge is 0.537 e. The van der Waals surface area contributed by atoms with E-state index in [9.17, 15) is 0 Å². The molecule has 120 valence electrons. The van der Waals surface area contributed by atoms with Gasteiger partial charge in [-0.1, -0.05) is 12.1 Å². The van der Waals surface area contributed by atoms with Crippen LogP contribution >= 0.6 is 0 Å². The van der Waals surface area contributed by atoms with Crippen molar-refractivity contribution >= 4 is 14.0 Å². The monoisotopic (exact) mass is 314 g/mol. The lowest BCUT2D eigenvalue weighted by molar-refractivity contribution is 0.0564. The van der Waals surface area contributed by atoms with Crippen LogP contribution in [0, 0.1) is 0 Å². The summed E-state index contributed by atoms with van der Waals surface area (Å²) in [6.45, 7) is 8.50. The fourth-order valence-corrected chi connectivity index (χ4v) is 4.37. The van der Waals surface area contributed by atoms with Crippen LogP contribution in [0.25, 0.3) is 0 Å². The lowest BCUT2D eigenvalue weighted by atomic mass is 10.3. The standard InChI is InChI=1S/C15H26O5Si/c1-5-17-14-8-10-15(11-9-14)21(18-6-2,19-7-3)20-13-12-16-4/h8-11H,5-7,12-13H2,1-4H3. The van der Waals surface area contributed by atoms with E-state index in [2.05, 4.69) is 0 Å². The summed E-state index contributed by atoms with van der Waals surface area (Å²) in [6.07, 6.45) is 0. The van der Waals surface area contributed by atoms with Gasteiger partial charge in [0, 0.05) is 25.5 Å². The minimum absolute atomic E-state index is 0.440. The van der Waals surface area contributed by atoms with E-state index in [0.717, 1.165) is 10.9 Å². The molecule has 0 saturated carbocycles. The van der Waals surface area contributed by atoms with E-state index in [1.165, 1.54) is 0 Å². The van der Waals surface area contributed by atoms with Crippen LogP contribution in [0.5, 0.6) is 5.75 Å². The van der Waals surface area contributed by atoms with Gasteiger partial charge in [-0.15, -0.1) is 0 Å². The maximum Gasteiger partial charge on any atom is 0.537 e. The molecule has 21 heavy (non-hydrogen) atoms. The molecule has 1 aromatic carbocycles. The summed E-state index contributed by atoms with van der Waals surface area (Å²) in [7, 11) is -1.25. The SMILES string of the molecule is CCOc1ccc([Si](OCC)(OCC)OCCOC)cc1. The van der Waals surface area contributed by atoms with Gasteiger partial charge in [0.2, 0.25) is 0 Å². The summed E-state index contributed by atoms with van der Waals surface area (Å²) in [4.78, 5) is 0. The first-order valence-electron chi connectivity index (χ1n) is 7.36. The Kier molecular flexibility index (Phi) is 8.56. The molecular weight excluding hydrogens is 288 g/mol. The van der Waals surface area contributed by atoms with E-state index in [4.69, 9.17) is 22.8 Å². The lowest BCUT2D eigenvalue weighted by Crippen LogP contribution is -2.57. The van der Waals surface area contributed by atoms with Crippen LogP contribution in [0.15, 0.2) is 24.3 Å². The van der Waals surface area contributed by atoms with Crippen LogP contribution in [0.4, 0.5) is 0 Å². The Balaban J connectivity index is 2.95. The van der Waals surface area contributed by atoms with Crippen LogP contribution in [0.3, 0.4) is 0 Å². The molecule has 1 rings (SSSR count). The third-order valence-electron chi connectivity index (χ3n) is 2.77. The van der Waals surface area contributed by atoms with E-state index in [1.807, 2.05) is 45.0 Å². The van der Waals surface area contributed by atoms with Crippen molar-refractivity contribution in [3.05, 3.63) is 24.3 Å². The zero-order valence-electron chi connectivity index (χ0n) is 13.4. The fraction of sp³-hybridized carbons (Fsp3) is 0.600. The molecule has 0 fully saturated rings. The first-order chi connectivity index (χ1) is 10.2. The summed E-state index contributed by atoms with van der Waals surface area (Å²) >= 11 is 0. The van der Waals surface area contributed by atoms with Gasteiger partial charge in [-0.2, -0.15) is 0 Å². The molecule has 0 radical (unpaired) electrons. The average Bonchev–Trinajstić information content (AvgIpc) is 2.49. The molecule has 0 saturated heterocycles. The van der Waals surface area contributed by atoms with Crippen LogP contribution in [0.1, 0.15) is 20.8 Å². The second-order valence-corrected chi connectivity index (χ2v) is 6.78. The van der Waals surface area contributed by atoms with Crippen molar-refractivity contribution < 1.29 is 22.8 Å². The predicted molar refractivity (Wildman–Crippen MR) is 84.1 cm³/mol. The number of hydrogen-bond donors (Lipinski definition) is 0. The van der Waals surface area contributed by atoms with Gasteiger partial charge < -0.3 is 22.8 Å². The van der Waals surface area contributed by atoms with Crippen LogP contribution in [0.2, 0.25) is 0 Å². The van der Waals surface area contributed by atoms with E-state index >= 15 is 0 Å². The quantitative estimate of drug-likeness (QED) is 0.461. The van der Waals surface area contributed by atoms with Gasteiger partial charge in [-0.25, -0.2) is 0 Å². The van der Waals surface area contributed by atoms with Crippen molar-refractivity contribution in [3.63, 3.8) is 0 Å². The summed E-state index contributed by atoms with van der Waals surface area (Å²) in [5.41, 5.74) is 0. The molecule has 0 aliphatic rings. The van der Waals surface area contributed by atoms with Gasteiger partial charge >= 0.3 is 8.80 Å². The number of ether oxygens (including phenoxy) is 2. The first-order valence-corrected chi connectivity index (χ1v) is 9.09. The van der Waals surface area contributed by atoms with Gasteiger partial charge in [0.1, 0.15) is 5.75 Å². The Labute approximate surface area is 128 Å². The van der Waals surface area contributed by atoms with Gasteiger partial charge in [-0.3, -0.25) is 0 Å². The zero-order chi connectivity index (χ0) is 15.6. The first kappa shape index (κ1) is 18.1. The highest BCUT2D eigenvalue weighted by Crippen LogP contribution is 2.14. The molecule has 0 bridgehead atoms. The third-order valence-corrected chi connectivity index (χ3v) is 5.73. The molecule has 0 amide bonds. The van der Waals surface area contributed by atoms with E-state index < -0.39 is 8.80 Å². The summed E-state index contributed by atoms with van der Waals surface area (Å²) < 4.78 is 28.3. The topological polar surface area (TPSA) is 46.2 Å². The molecule has 0 aliphatic heterocycles. The minimum Gasteiger partial charge on any atom is -0.494 e. The maximum absolute atomic E-state index is 5.97. The van der Waals surface area contributed by atoms with Crippen molar-refractivity contribution in [2.24, 2.45) is 0 Å². The molecule has 5 nitrogen and oxygen atoms in total. The van der Waals surface area contributed by atoms with Crippen LogP contribution in [-0.4, -0.2) is 48.9 Å². The maximum atomic E-state index is 5.97. The lowest BCUT2D eigenvalue weighted by Gasteiger charge is -2.29. The Morgan fingerprint density at radius 3 is 1.90 bits per heavy atom. The highest BCUT2D eigenvalue weighted by Gasteiger charge is 2.43. The molecule has 0 spiro atoms. The number of benzene rings is 1. The van der Waals surface area contributed by atoms with E-state index in [-0.39, 0.29) is 0 Å². The Bertz CT molecular complexity index is 376. The normalized spacial score (nSPS) is 11.6. The zero-order valence-corrected chi connectivity index (χ0v) is 14.4. The molecule has 0 atom stereocenters. The van der Waals surface area contributed by atoms with Crippen molar-refractivity contribution in [2.75, 3.05) is 40.1 Å². The summed E-state index contributed by atoms with van der Waals surface area (Å²) in [5.74, 6) is 0.828. The predicted octanol–water partition coefficient (Wildman–Crippen LogP) is 1.97. The second kappa shape index (κ2) is 9.91. The summed E-state index contributed by atoms with van der Waals surface area (Å²) in [6, 6.07) is 7.74. The summed E-state index contributed by atoms with van der Waals surface area (Å²) in [5, 5.41) is 0.936. The third kappa shape index (κ3) is 5.41. The van der Waals surface area contributed by atoms with Gasteiger partial charge in [-0.05, 0) is 32.9 Å². The van der Waals surface area contributed by atoms with Gasteiger partial charge in [0.25, 0.3) is 0 Å². The molecular formula is C15H26O5Si. The van der Waals surface area contributed by atoms with Crippen molar-refractivity contribution in [2.45, 2.75) is 20.8 Å². The van der Waals surface area contributed by atoms with E-state index in [1.54, 1.807) is 7.11 Å². The Morgan fingerprint density at radius 2 is 1.43 bits per heavy atom. The average molecular weight is 314 g/mol. The van der Waals surface area contributed by atoms with E-state index in [0.29, 0.717) is 33.0 Å². The van der Waals surface area contributed by atoms with Crippen molar-refractivity contribution in [1.82, 2.24) is 0 Å². The van der Waals surface area contributed by atoms with Gasteiger partial charge in [0.05, 0.1) is 19.8 Å². The van der Waals surface area contributed by atoms with Crippen molar-refractivity contribution in [3.8, 4) is 5.75 Å². The number of rotatable bonds is 11. The molecule has 6 heteroatoms. The number of hydrogen-bond acceptors (Lipinski definition) is 5. The molecule has 0 unspecified atom stereocenters. The Morgan fingerprint density at radius 1 is 0.810 bits per heavy atom. The highest BCUT2D eigenvalue weighted by atomic mass is 28.4. The highest BCUT2D eigenvalue weighted by molar-refractivity contribution is 6.75. The molecule has 0 heterocycles. The fourth-order valence-electron chi connectivity index (χ4n) is 1.94. The Hall–Kier alpha value is -0.923. The second-order valence-electron chi connectivity index (χ2n) is 4.22. The van der Waals surface area contributed by atoms with Crippen LogP contribution in [-0.2, 0) is 18.0 Å². The molecule has 0 N–H and O–H groups in total. The molecule has 0 aromatic heterocycles. The van der Waals surface area contributed by atoms with Crippen molar-refractivity contribution in [1.29, 1.82) is 0 Å². The van der Waals surface area contributed by atoms with Crippen LogP contribution < -0.4 is 9.92 Å². The van der Waals surface area contributed by atoms with Gasteiger partial charge in [0.15, 0.2) is 0 Å². The minimum atomic E-state index is -2.89. The molecule has 1 aromatic rings. The smallest absolute Gasteiger partial charge is 0.494 e. The number of methoxy groups -OCH3 is 1. The molecule has 0 aliphatic carbocycles.